The Bertz CT molecular complexity index is 372. The lowest BCUT2D eigenvalue weighted by atomic mass is 9.89. The summed E-state index contributed by atoms with van der Waals surface area (Å²) in [6, 6.07) is 1.67. The van der Waals surface area contributed by atoms with E-state index in [1.807, 2.05) is 5.38 Å². The van der Waals surface area contributed by atoms with Gasteiger partial charge in [-0.05, 0) is 30.9 Å². The topological polar surface area (TPSA) is 55.2 Å². The van der Waals surface area contributed by atoms with Crippen molar-refractivity contribution in [2.45, 2.75) is 38.6 Å². The van der Waals surface area contributed by atoms with E-state index in [1.165, 1.54) is 43.4 Å². The van der Waals surface area contributed by atoms with E-state index in [9.17, 15) is 10.1 Å². The number of nitrogens with zero attached hydrogens (tertiary/aromatic N) is 1. The Hall–Kier alpha value is -0.940. The first kappa shape index (κ1) is 12.5. The van der Waals surface area contributed by atoms with Gasteiger partial charge < -0.3 is 5.32 Å². The van der Waals surface area contributed by atoms with Crippen LogP contribution in [-0.4, -0.2) is 11.5 Å². The molecule has 5 heteroatoms. The summed E-state index contributed by atoms with van der Waals surface area (Å²) < 4.78 is 0. The molecule has 1 aliphatic carbocycles. The Kier molecular flexibility index (Phi) is 4.50. The van der Waals surface area contributed by atoms with Crippen LogP contribution in [-0.2, 0) is 6.54 Å². The van der Waals surface area contributed by atoms with Crippen LogP contribution in [0.5, 0.6) is 0 Å². The number of rotatable bonds is 5. The highest BCUT2D eigenvalue weighted by molar-refractivity contribution is 7.13. The molecule has 0 unspecified atom stereocenters. The molecule has 0 radical (unpaired) electrons. The quantitative estimate of drug-likeness (QED) is 0.647. The van der Waals surface area contributed by atoms with Gasteiger partial charge in [0.25, 0.3) is 0 Å². The fourth-order valence-electron chi connectivity index (χ4n) is 2.36. The molecular formula is C12H18N2O2S. The van der Waals surface area contributed by atoms with Gasteiger partial charge in [-0.3, -0.25) is 10.1 Å². The second-order valence-electron chi connectivity index (χ2n) is 4.69. The molecule has 0 aliphatic heterocycles. The first-order valence-corrected chi connectivity index (χ1v) is 7.06. The summed E-state index contributed by atoms with van der Waals surface area (Å²) in [7, 11) is 0. The van der Waals surface area contributed by atoms with Gasteiger partial charge in [0.1, 0.15) is 0 Å². The van der Waals surface area contributed by atoms with E-state index < -0.39 is 0 Å². The molecule has 1 fully saturated rings. The minimum atomic E-state index is -0.324. The lowest BCUT2D eigenvalue weighted by molar-refractivity contribution is -0.380. The van der Waals surface area contributed by atoms with Gasteiger partial charge in [-0.2, -0.15) is 0 Å². The Morgan fingerprint density at radius 2 is 2.18 bits per heavy atom. The maximum atomic E-state index is 10.5. The van der Waals surface area contributed by atoms with Crippen molar-refractivity contribution in [3.8, 4) is 0 Å². The van der Waals surface area contributed by atoms with Crippen LogP contribution in [0.2, 0.25) is 0 Å². The van der Waals surface area contributed by atoms with Crippen molar-refractivity contribution in [3.63, 3.8) is 0 Å². The van der Waals surface area contributed by atoms with Crippen molar-refractivity contribution in [1.82, 2.24) is 5.32 Å². The summed E-state index contributed by atoms with van der Waals surface area (Å²) in [6.07, 6.45) is 6.76. The second-order valence-corrected chi connectivity index (χ2v) is 5.57. The third-order valence-electron chi connectivity index (χ3n) is 3.31. The normalized spacial score (nSPS) is 17.2. The van der Waals surface area contributed by atoms with Crippen LogP contribution in [0.3, 0.4) is 0 Å². The number of hydrogen-bond donors (Lipinski definition) is 1. The number of nitrogens with one attached hydrogen (secondary N) is 1. The molecule has 94 valence electrons. The van der Waals surface area contributed by atoms with E-state index in [0.717, 1.165) is 24.6 Å². The molecule has 1 N–H and O–H groups in total. The summed E-state index contributed by atoms with van der Waals surface area (Å²) in [5, 5.41) is 16.0. The van der Waals surface area contributed by atoms with Crippen LogP contribution in [0.4, 0.5) is 5.00 Å². The van der Waals surface area contributed by atoms with E-state index in [4.69, 9.17) is 0 Å². The lowest BCUT2D eigenvalue weighted by Gasteiger charge is -2.21. The smallest absolute Gasteiger partial charge is 0.312 e. The van der Waals surface area contributed by atoms with Crippen molar-refractivity contribution < 1.29 is 4.92 Å². The zero-order valence-electron chi connectivity index (χ0n) is 9.85. The molecule has 0 spiro atoms. The molecule has 0 saturated heterocycles. The number of nitro groups is 1. The zero-order valence-corrected chi connectivity index (χ0v) is 10.7. The second kappa shape index (κ2) is 6.12. The first-order valence-electron chi connectivity index (χ1n) is 6.18. The Morgan fingerprint density at radius 1 is 1.41 bits per heavy atom. The number of hydrogen-bond acceptors (Lipinski definition) is 4. The molecule has 0 bridgehead atoms. The van der Waals surface area contributed by atoms with Crippen LogP contribution in [0.1, 0.15) is 37.7 Å². The SMILES string of the molecule is O=[N+]([O-])c1cc(CNCC2CCCCC2)cs1. The molecule has 0 atom stereocenters. The minimum Gasteiger partial charge on any atom is -0.312 e. The van der Waals surface area contributed by atoms with Gasteiger partial charge in [0.15, 0.2) is 0 Å². The molecule has 1 aromatic heterocycles. The van der Waals surface area contributed by atoms with Gasteiger partial charge in [-0.25, -0.2) is 0 Å². The van der Waals surface area contributed by atoms with Gasteiger partial charge in [-0.1, -0.05) is 30.6 Å². The highest BCUT2D eigenvalue weighted by atomic mass is 32.1. The highest BCUT2D eigenvalue weighted by Gasteiger charge is 2.13. The largest absolute Gasteiger partial charge is 0.324 e. The summed E-state index contributed by atoms with van der Waals surface area (Å²) in [4.78, 5) is 10.2. The fourth-order valence-corrected chi connectivity index (χ4v) is 3.09. The summed E-state index contributed by atoms with van der Waals surface area (Å²) >= 11 is 1.20. The maximum Gasteiger partial charge on any atom is 0.324 e. The van der Waals surface area contributed by atoms with E-state index >= 15 is 0 Å². The van der Waals surface area contributed by atoms with E-state index in [0.29, 0.717) is 0 Å². The van der Waals surface area contributed by atoms with Crippen LogP contribution in [0.15, 0.2) is 11.4 Å². The average Bonchev–Trinajstić information content (AvgIpc) is 2.79. The van der Waals surface area contributed by atoms with Gasteiger partial charge in [0.05, 0.1) is 4.92 Å². The molecule has 1 heterocycles. The van der Waals surface area contributed by atoms with Crippen molar-refractivity contribution in [3.05, 3.63) is 27.1 Å². The van der Waals surface area contributed by atoms with E-state index in [1.54, 1.807) is 6.07 Å². The van der Waals surface area contributed by atoms with Gasteiger partial charge in [0, 0.05) is 18.0 Å². The molecule has 1 aliphatic rings. The standard InChI is InChI=1S/C12H18N2O2S/c15-14(16)12-6-11(9-17-12)8-13-7-10-4-2-1-3-5-10/h6,9-10,13H,1-5,7-8H2. The Balaban J connectivity index is 1.71. The van der Waals surface area contributed by atoms with Gasteiger partial charge in [-0.15, -0.1) is 0 Å². The van der Waals surface area contributed by atoms with Crippen molar-refractivity contribution in [1.29, 1.82) is 0 Å². The van der Waals surface area contributed by atoms with Gasteiger partial charge >= 0.3 is 5.00 Å². The van der Waals surface area contributed by atoms with Crippen molar-refractivity contribution in [2.75, 3.05) is 6.54 Å². The average molecular weight is 254 g/mol. The summed E-state index contributed by atoms with van der Waals surface area (Å²) in [5.41, 5.74) is 1.03. The van der Waals surface area contributed by atoms with Crippen LogP contribution >= 0.6 is 11.3 Å². The molecule has 0 aromatic carbocycles. The van der Waals surface area contributed by atoms with Crippen LogP contribution in [0.25, 0.3) is 0 Å². The molecule has 1 aromatic rings. The lowest BCUT2D eigenvalue weighted by Crippen LogP contribution is -2.23. The minimum absolute atomic E-state index is 0.236. The third-order valence-corrected chi connectivity index (χ3v) is 4.24. The first-order chi connectivity index (χ1) is 8.25. The predicted octanol–water partition coefficient (Wildman–Crippen LogP) is 3.33. The van der Waals surface area contributed by atoms with Crippen molar-refractivity contribution in [2.24, 2.45) is 5.92 Å². The predicted molar refractivity (Wildman–Crippen MR) is 69.3 cm³/mol. The molecule has 17 heavy (non-hydrogen) atoms. The molecule has 1 saturated carbocycles. The Labute approximate surface area is 105 Å². The van der Waals surface area contributed by atoms with E-state index in [2.05, 4.69) is 5.32 Å². The van der Waals surface area contributed by atoms with Gasteiger partial charge in [0.2, 0.25) is 0 Å². The monoisotopic (exact) mass is 254 g/mol. The Morgan fingerprint density at radius 3 is 2.82 bits per heavy atom. The zero-order chi connectivity index (χ0) is 12.1. The highest BCUT2D eigenvalue weighted by Crippen LogP contribution is 2.24. The summed E-state index contributed by atoms with van der Waals surface area (Å²) in [5.74, 6) is 0.803. The molecule has 0 amide bonds. The third kappa shape index (κ3) is 3.78. The molecule has 4 nitrogen and oxygen atoms in total. The number of thiophene rings is 1. The summed E-state index contributed by atoms with van der Waals surface area (Å²) in [6.45, 7) is 1.80. The van der Waals surface area contributed by atoms with Crippen LogP contribution < -0.4 is 5.32 Å². The molecular weight excluding hydrogens is 236 g/mol. The van der Waals surface area contributed by atoms with Crippen LogP contribution in [0, 0.1) is 16.0 Å². The fraction of sp³-hybridized carbons (Fsp3) is 0.667. The van der Waals surface area contributed by atoms with Crippen molar-refractivity contribution >= 4 is 16.3 Å². The maximum absolute atomic E-state index is 10.5. The van der Waals surface area contributed by atoms with E-state index in [-0.39, 0.29) is 9.92 Å². The molecule has 2 rings (SSSR count).